The molecule has 6 nitrogen and oxygen atoms in total. The van der Waals surface area contributed by atoms with Gasteiger partial charge >= 0.3 is 0 Å². The third-order valence-corrected chi connectivity index (χ3v) is 5.59. The van der Waals surface area contributed by atoms with Crippen molar-refractivity contribution >= 4 is 49.9 Å². The molecule has 0 radical (unpaired) electrons. The van der Waals surface area contributed by atoms with E-state index in [9.17, 15) is 8.42 Å². The van der Waals surface area contributed by atoms with Gasteiger partial charge in [-0.25, -0.2) is 8.42 Å². The number of nitrogens with one attached hydrogen (secondary N) is 1. The molecule has 0 saturated carbocycles. The lowest BCUT2D eigenvalue weighted by Crippen LogP contribution is -2.12. The maximum absolute atomic E-state index is 12.1. The van der Waals surface area contributed by atoms with E-state index in [1.54, 1.807) is 0 Å². The molecule has 2 aromatic rings. The number of halogens is 1. The van der Waals surface area contributed by atoms with Crippen molar-refractivity contribution in [1.29, 1.82) is 5.26 Å². The highest BCUT2D eigenvalue weighted by atomic mass is 35.5. The van der Waals surface area contributed by atoms with Crippen LogP contribution in [0.2, 0.25) is 5.02 Å². The summed E-state index contributed by atoms with van der Waals surface area (Å²) in [5, 5.41) is 16.6. The average molecular weight is 347 g/mol. The van der Waals surface area contributed by atoms with Gasteiger partial charge < -0.3 is 0 Å². The molecule has 0 atom stereocenters. The molecule has 1 aromatic carbocycles. The molecule has 1 N–H and O–H groups in total. The second-order valence-corrected chi connectivity index (χ2v) is 7.70. The molecular formula is C10H7ClN4O2S3. The smallest absolute Gasteiger partial charge is 0.253 e. The largest absolute Gasteiger partial charge is 0.263 e. The lowest BCUT2D eigenvalue weighted by molar-refractivity contribution is 0.601. The molecule has 1 aromatic heterocycles. The number of anilines is 1. The maximum atomic E-state index is 12.1. The zero-order valence-corrected chi connectivity index (χ0v) is 13.0. The van der Waals surface area contributed by atoms with Gasteiger partial charge in [-0.05, 0) is 24.3 Å². The summed E-state index contributed by atoms with van der Waals surface area (Å²) >= 11 is 7.98. The van der Waals surface area contributed by atoms with Gasteiger partial charge in [0.2, 0.25) is 5.13 Å². The molecule has 0 fully saturated rings. The molecule has 0 aliphatic carbocycles. The first-order chi connectivity index (χ1) is 9.51. The fourth-order valence-corrected chi connectivity index (χ4v) is 3.96. The molecule has 10 heteroatoms. The number of aromatic nitrogens is 2. The van der Waals surface area contributed by atoms with Crippen LogP contribution in [0.1, 0.15) is 0 Å². The van der Waals surface area contributed by atoms with Crippen LogP contribution in [0.5, 0.6) is 0 Å². The van der Waals surface area contributed by atoms with Crippen molar-refractivity contribution in [2.24, 2.45) is 0 Å². The number of nitrogens with zero attached hydrogens (tertiary/aromatic N) is 3. The molecule has 0 aliphatic heterocycles. The van der Waals surface area contributed by atoms with E-state index in [0.29, 0.717) is 9.36 Å². The van der Waals surface area contributed by atoms with Gasteiger partial charge in [0, 0.05) is 5.02 Å². The summed E-state index contributed by atoms with van der Waals surface area (Å²) in [4.78, 5) is 0.0864. The van der Waals surface area contributed by atoms with Crippen molar-refractivity contribution in [1.82, 2.24) is 10.2 Å². The van der Waals surface area contributed by atoms with Crippen molar-refractivity contribution in [3.8, 4) is 6.07 Å². The third kappa shape index (κ3) is 3.83. The first-order valence-electron chi connectivity index (χ1n) is 5.13. The first kappa shape index (κ1) is 15.1. The van der Waals surface area contributed by atoms with Crippen molar-refractivity contribution in [3.63, 3.8) is 0 Å². The summed E-state index contributed by atoms with van der Waals surface area (Å²) in [5.41, 5.74) is 0. The topological polar surface area (TPSA) is 95.7 Å². The first-order valence-corrected chi connectivity index (χ1v) is 8.79. The van der Waals surface area contributed by atoms with Crippen molar-refractivity contribution < 1.29 is 8.42 Å². The highest BCUT2D eigenvalue weighted by Gasteiger charge is 2.16. The minimum Gasteiger partial charge on any atom is -0.253 e. The number of hydrogen-bond donors (Lipinski definition) is 1. The van der Waals surface area contributed by atoms with Gasteiger partial charge in [0.25, 0.3) is 10.0 Å². The Morgan fingerprint density at radius 1 is 1.35 bits per heavy atom. The van der Waals surface area contributed by atoms with Crippen molar-refractivity contribution in [3.05, 3.63) is 29.3 Å². The van der Waals surface area contributed by atoms with E-state index >= 15 is 0 Å². The maximum Gasteiger partial charge on any atom is 0.263 e. The van der Waals surface area contributed by atoms with Crippen LogP contribution in [-0.4, -0.2) is 24.4 Å². The normalized spacial score (nSPS) is 11.0. The lowest BCUT2D eigenvalue weighted by Gasteiger charge is -2.04. The standard InChI is InChI=1S/C10H7ClN4O2S3/c11-7-1-3-8(4-2-7)20(16,17)15-9-13-14-10(19-9)18-6-5-12/h1-4H,6H2,(H,13,15). The Hall–Kier alpha value is -1.34. The summed E-state index contributed by atoms with van der Waals surface area (Å²) in [6, 6.07) is 7.74. The molecule has 0 aliphatic rings. The number of hydrogen-bond acceptors (Lipinski definition) is 7. The number of rotatable bonds is 5. The summed E-state index contributed by atoms with van der Waals surface area (Å²) < 4.78 is 27.0. The molecule has 104 valence electrons. The van der Waals surface area contributed by atoms with Crippen LogP contribution in [-0.2, 0) is 10.0 Å². The van der Waals surface area contributed by atoms with Crippen LogP contribution in [0.4, 0.5) is 5.13 Å². The third-order valence-electron chi connectivity index (χ3n) is 2.01. The Kier molecular flexibility index (Phi) is 4.82. The van der Waals surface area contributed by atoms with Gasteiger partial charge in [-0.2, -0.15) is 5.26 Å². The predicted octanol–water partition coefficient (Wildman–Crippen LogP) is 2.61. The van der Waals surface area contributed by atoms with Gasteiger partial charge in [0.15, 0.2) is 4.34 Å². The molecule has 1 heterocycles. The van der Waals surface area contributed by atoms with E-state index in [4.69, 9.17) is 16.9 Å². The fraction of sp³-hybridized carbons (Fsp3) is 0.100. The second-order valence-electron chi connectivity index (χ2n) is 3.38. The molecular weight excluding hydrogens is 340 g/mol. The van der Waals surface area contributed by atoms with Crippen LogP contribution < -0.4 is 4.72 Å². The highest BCUT2D eigenvalue weighted by molar-refractivity contribution is 8.01. The van der Waals surface area contributed by atoms with E-state index in [1.165, 1.54) is 36.0 Å². The van der Waals surface area contributed by atoms with Crippen molar-refractivity contribution in [2.75, 3.05) is 10.5 Å². The van der Waals surface area contributed by atoms with Crippen LogP contribution in [0.25, 0.3) is 0 Å². The monoisotopic (exact) mass is 346 g/mol. The lowest BCUT2D eigenvalue weighted by atomic mass is 10.4. The quantitative estimate of drug-likeness (QED) is 0.836. The summed E-state index contributed by atoms with van der Waals surface area (Å²) in [7, 11) is -3.71. The number of thioether (sulfide) groups is 1. The van der Waals surface area contributed by atoms with E-state index in [2.05, 4.69) is 14.9 Å². The second kappa shape index (κ2) is 6.41. The molecule has 20 heavy (non-hydrogen) atoms. The van der Waals surface area contributed by atoms with Gasteiger partial charge in [-0.1, -0.05) is 34.7 Å². The number of sulfonamides is 1. The Balaban J connectivity index is 2.14. The highest BCUT2D eigenvalue weighted by Crippen LogP contribution is 2.27. The van der Waals surface area contributed by atoms with Gasteiger partial charge in [0.1, 0.15) is 0 Å². The Bertz CT molecular complexity index is 737. The molecule has 2 rings (SSSR count). The average Bonchev–Trinajstić information content (AvgIpc) is 2.83. The Labute approximate surface area is 128 Å². The molecule has 0 amide bonds. The predicted molar refractivity (Wildman–Crippen MR) is 78.5 cm³/mol. The van der Waals surface area contributed by atoms with Crippen LogP contribution in [0, 0.1) is 11.3 Å². The molecule has 0 unspecified atom stereocenters. The number of nitriles is 1. The van der Waals surface area contributed by atoms with E-state index in [0.717, 1.165) is 11.3 Å². The fourth-order valence-electron chi connectivity index (χ4n) is 1.19. The minimum atomic E-state index is -3.71. The van der Waals surface area contributed by atoms with Crippen LogP contribution in [0.15, 0.2) is 33.5 Å². The minimum absolute atomic E-state index is 0.0864. The van der Waals surface area contributed by atoms with E-state index in [1.807, 2.05) is 6.07 Å². The van der Waals surface area contributed by atoms with Crippen molar-refractivity contribution in [2.45, 2.75) is 9.24 Å². The Morgan fingerprint density at radius 2 is 2.05 bits per heavy atom. The summed E-state index contributed by atoms with van der Waals surface area (Å²) in [6.45, 7) is 0. The molecule has 0 spiro atoms. The SMILES string of the molecule is N#CCSc1nnc(NS(=O)(=O)c2ccc(Cl)cc2)s1. The Morgan fingerprint density at radius 3 is 2.70 bits per heavy atom. The summed E-state index contributed by atoms with van der Waals surface area (Å²) in [6.07, 6.45) is 0. The van der Waals surface area contributed by atoms with E-state index < -0.39 is 10.0 Å². The van der Waals surface area contributed by atoms with E-state index in [-0.39, 0.29) is 15.8 Å². The van der Waals surface area contributed by atoms with Crippen LogP contribution >= 0.6 is 34.7 Å². The van der Waals surface area contributed by atoms with Gasteiger partial charge in [-0.3, -0.25) is 4.72 Å². The zero-order chi connectivity index (χ0) is 14.6. The van der Waals surface area contributed by atoms with Crippen LogP contribution in [0.3, 0.4) is 0 Å². The summed E-state index contributed by atoms with van der Waals surface area (Å²) in [5.74, 6) is 0.235. The molecule has 0 bridgehead atoms. The van der Waals surface area contributed by atoms with Gasteiger partial charge in [0.05, 0.1) is 16.7 Å². The van der Waals surface area contributed by atoms with Gasteiger partial charge in [-0.15, -0.1) is 10.2 Å². The zero-order valence-electron chi connectivity index (χ0n) is 9.78. The molecule has 0 saturated heterocycles. The number of benzene rings is 1.